The molecule has 0 radical (unpaired) electrons. The lowest BCUT2D eigenvalue weighted by atomic mass is 9.99. The van der Waals surface area contributed by atoms with Crippen LogP contribution < -0.4 is 16.0 Å². The van der Waals surface area contributed by atoms with Crippen LogP contribution in [-0.2, 0) is 20.9 Å². The number of nitrogens with zero attached hydrogens (tertiary/aromatic N) is 2. The monoisotopic (exact) mass is 495 g/mol. The summed E-state index contributed by atoms with van der Waals surface area (Å²) in [7, 11) is 0. The number of amides is 3. The Morgan fingerprint density at radius 2 is 2.09 bits per heavy atom. The molecule has 0 aliphatic carbocycles. The van der Waals surface area contributed by atoms with Crippen LogP contribution in [0.1, 0.15) is 44.3 Å². The largest absolute Gasteiger partial charge is 0.350 e. The van der Waals surface area contributed by atoms with E-state index in [0.29, 0.717) is 28.8 Å². The van der Waals surface area contributed by atoms with E-state index in [0.717, 1.165) is 11.4 Å². The molecular weight excluding hydrogens is 466 g/mol. The first-order chi connectivity index (χ1) is 15.2. The number of hydrogen-bond donors (Lipinski definition) is 4. The summed E-state index contributed by atoms with van der Waals surface area (Å²) in [6.07, 6.45) is 4.52. The van der Waals surface area contributed by atoms with E-state index in [1.54, 1.807) is 6.92 Å². The highest BCUT2D eigenvalue weighted by molar-refractivity contribution is 8.14. The average molecular weight is 496 g/mol. The first-order valence-corrected chi connectivity index (χ1v) is 13.0. The second-order valence-corrected chi connectivity index (χ2v) is 10.7. The van der Waals surface area contributed by atoms with Crippen molar-refractivity contribution in [2.75, 3.05) is 11.5 Å². The smallest absolute Gasteiger partial charge is 0.249 e. The Hall–Kier alpha value is -1.85. The summed E-state index contributed by atoms with van der Waals surface area (Å²) in [6.45, 7) is 5.82. The number of aliphatic imine (C=N–C) groups is 1. The molecule has 0 saturated carbocycles. The van der Waals surface area contributed by atoms with Crippen molar-refractivity contribution in [2.24, 2.45) is 10.9 Å². The lowest BCUT2D eigenvalue weighted by Gasteiger charge is -2.27. The maximum absolute atomic E-state index is 13.1. The van der Waals surface area contributed by atoms with E-state index in [4.69, 9.17) is 0 Å². The van der Waals surface area contributed by atoms with Gasteiger partial charge in [-0.2, -0.15) is 12.6 Å². The maximum atomic E-state index is 13.1. The van der Waals surface area contributed by atoms with Crippen LogP contribution in [0.4, 0.5) is 0 Å². The van der Waals surface area contributed by atoms with E-state index in [9.17, 15) is 14.4 Å². The molecule has 2 unspecified atom stereocenters. The van der Waals surface area contributed by atoms with E-state index in [1.807, 2.05) is 31.4 Å². The number of fused-ring (bicyclic) bond motifs is 4. The Morgan fingerprint density at radius 3 is 2.81 bits per heavy atom. The van der Waals surface area contributed by atoms with Crippen LogP contribution in [0.25, 0.3) is 0 Å². The van der Waals surface area contributed by atoms with Gasteiger partial charge in [0.1, 0.15) is 27.3 Å². The van der Waals surface area contributed by atoms with Crippen molar-refractivity contribution in [3.8, 4) is 0 Å². The molecule has 32 heavy (non-hydrogen) atoms. The number of nitrogens with one attached hydrogen (secondary N) is 3. The highest BCUT2D eigenvalue weighted by Crippen LogP contribution is 2.32. The Bertz CT molecular complexity index is 930. The second-order valence-electron chi connectivity index (χ2n) is 8.34. The van der Waals surface area contributed by atoms with Crippen molar-refractivity contribution >= 4 is 58.5 Å². The van der Waals surface area contributed by atoms with Crippen molar-refractivity contribution in [2.45, 2.75) is 57.8 Å². The van der Waals surface area contributed by atoms with Crippen LogP contribution >= 0.6 is 35.7 Å². The lowest BCUT2D eigenvalue weighted by molar-refractivity contribution is -0.132. The highest BCUT2D eigenvalue weighted by Gasteiger charge is 2.41. The van der Waals surface area contributed by atoms with E-state index in [2.05, 4.69) is 38.6 Å². The fourth-order valence-electron chi connectivity index (χ4n) is 3.29. The summed E-state index contributed by atoms with van der Waals surface area (Å²) in [6, 6.07) is -1.24. The molecule has 1 aromatic rings. The summed E-state index contributed by atoms with van der Waals surface area (Å²) < 4.78 is 0. The molecule has 0 fully saturated rings. The molecule has 0 aromatic carbocycles. The normalized spacial score (nSPS) is 27.3. The molecule has 3 atom stereocenters. The number of aromatic nitrogens is 1. The zero-order chi connectivity index (χ0) is 23.3. The van der Waals surface area contributed by atoms with Crippen LogP contribution in [-0.4, -0.2) is 56.9 Å². The Balaban J connectivity index is 1.92. The van der Waals surface area contributed by atoms with Crippen molar-refractivity contribution < 1.29 is 14.4 Å². The average Bonchev–Trinajstić information content (AvgIpc) is 3.37. The van der Waals surface area contributed by atoms with E-state index >= 15 is 0 Å². The molecule has 174 valence electrons. The first-order valence-electron chi connectivity index (χ1n) is 10.5. The van der Waals surface area contributed by atoms with Gasteiger partial charge in [0.2, 0.25) is 17.7 Å². The van der Waals surface area contributed by atoms with E-state index in [-0.39, 0.29) is 30.1 Å². The van der Waals surface area contributed by atoms with Gasteiger partial charge in [-0.15, -0.1) is 23.1 Å². The SMILES string of the molecule is CC(C)C1NC(=O)[C@]2(C)CSC(=N2)c2csc(n2)CNC(=O)CC(/C=C/CCS)NC1=O. The minimum absolute atomic E-state index is 0.0894. The minimum Gasteiger partial charge on any atom is -0.350 e. The van der Waals surface area contributed by atoms with Gasteiger partial charge in [0, 0.05) is 11.1 Å². The Labute approximate surface area is 201 Å². The van der Waals surface area contributed by atoms with E-state index in [1.165, 1.54) is 23.1 Å². The third-order valence-corrected chi connectivity index (χ3v) is 7.56. The summed E-state index contributed by atoms with van der Waals surface area (Å²) in [5.74, 6) is 0.181. The molecule has 0 spiro atoms. The van der Waals surface area contributed by atoms with Crippen molar-refractivity contribution in [3.63, 3.8) is 0 Å². The first kappa shape index (κ1) is 24.8. The van der Waals surface area contributed by atoms with Crippen LogP contribution in [0.2, 0.25) is 0 Å². The molecule has 4 bridgehead atoms. The van der Waals surface area contributed by atoms with Crippen molar-refractivity contribution in [1.29, 1.82) is 0 Å². The fourth-order valence-corrected chi connectivity index (χ4v) is 5.36. The minimum atomic E-state index is -0.978. The van der Waals surface area contributed by atoms with Crippen LogP contribution in [0.5, 0.6) is 0 Å². The highest BCUT2D eigenvalue weighted by atomic mass is 32.2. The molecule has 0 saturated heterocycles. The zero-order valence-corrected chi connectivity index (χ0v) is 20.9. The van der Waals surface area contributed by atoms with Gasteiger partial charge in [0.15, 0.2) is 0 Å². The molecule has 11 heteroatoms. The topological polar surface area (TPSA) is 113 Å². The Morgan fingerprint density at radius 1 is 1.31 bits per heavy atom. The number of carbonyl (C=O) groups excluding carboxylic acids is 3. The van der Waals surface area contributed by atoms with Crippen LogP contribution in [0, 0.1) is 5.92 Å². The number of thioether (sulfide) groups is 1. The summed E-state index contributed by atoms with van der Waals surface area (Å²) in [5, 5.41) is 12.0. The van der Waals surface area contributed by atoms with Crippen LogP contribution in [0.3, 0.4) is 0 Å². The number of thiazole rings is 1. The molecule has 2 aliphatic rings. The standard InChI is InChI=1S/C21H29N5O3S3/c1-12(2)17-18(28)23-13(6-4-5-7-30)8-15(27)22-9-16-24-14(10-31-16)19-26-21(3,11-32-19)20(29)25-17/h4,6,10,12-13,17,30H,5,7-9,11H2,1-3H3,(H,22,27)(H,23,28)(H,25,29)/b6-4+/t13?,17?,21-/m0/s1. The zero-order valence-electron chi connectivity index (χ0n) is 18.4. The molecule has 1 aromatic heterocycles. The maximum Gasteiger partial charge on any atom is 0.249 e. The number of rotatable bonds is 4. The number of allylic oxidation sites excluding steroid dienone is 1. The van der Waals surface area contributed by atoms with Gasteiger partial charge in [-0.25, -0.2) is 4.98 Å². The molecule has 3 heterocycles. The van der Waals surface area contributed by atoms with Gasteiger partial charge in [-0.3, -0.25) is 19.4 Å². The van der Waals surface area contributed by atoms with Gasteiger partial charge < -0.3 is 16.0 Å². The lowest BCUT2D eigenvalue weighted by Crippen LogP contribution is -2.56. The van der Waals surface area contributed by atoms with Gasteiger partial charge >= 0.3 is 0 Å². The van der Waals surface area contributed by atoms with Gasteiger partial charge in [-0.05, 0) is 25.0 Å². The van der Waals surface area contributed by atoms with Gasteiger partial charge in [0.25, 0.3) is 0 Å². The quantitative estimate of drug-likeness (QED) is 0.377. The Kier molecular flexibility index (Phi) is 8.40. The predicted molar refractivity (Wildman–Crippen MR) is 132 cm³/mol. The summed E-state index contributed by atoms with van der Waals surface area (Å²) >= 11 is 7.11. The molecule has 2 aliphatic heterocycles. The van der Waals surface area contributed by atoms with E-state index < -0.39 is 17.6 Å². The number of thiol groups is 1. The molecule has 3 N–H and O–H groups in total. The number of carbonyl (C=O) groups is 3. The fraction of sp³-hybridized carbons (Fsp3) is 0.571. The molecule has 3 rings (SSSR count). The van der Waals surface area contributed by atoms with Gasteiger partial charge in [0.05, 0.1) is 19.0 Å². The molecular formula is C21H29N5O3S3. The van der Waals surface area contributed by atoms with Crippen molar-refractivity contribution in [1.82, 2.24) is 20.9 Å². The summed E-state index contributed by atoms with van der Waals surface area (Å²) in [5.41, 5.74) is -0.271. The summed E-state index contributed by atoms with van der Waals surface area (Å²) in [4.78, 5) is 48.0. The van der Waals surface area contributed by atoms with Gasteiger partial charge in [-0.1, -0.05) is 26.0 Å². The number of hydrogen-bond acceptors (Lipinski definition) is 8. The third kappa shape index (κ3) is 6.14. The third-order valence-electron chi connectivity index (χ3n) is 5.17. The van der Waals surface area contributed by atoms with Crippen molar-refractivity contribution in [3.05, 3.63) is 28.2 Å². The van der Waals surface area contributed by atoms with Crippen LogP contribution in [0.15, 0.2) is 22.5 Å². The predicted octanol–water partition coefficient (Wildman–Crippen LogP) is 1.92. The second kappa shape index (κ2) is 10.8. The molecule has 8 nitrogen and oxygen atoms in total. The molecule has 3 amide bonds.